The molecule has 0 spiro atoms. The van der Waals surface area contributed by atoms with Crippen LogP contribution in [-0.4, -0.2) is 14.3 Å². The van der Waals surface area contributed by atoms with Gasteiger partial charge in [0.15, 0.2) is 0 Å². The van der Waals surface area contributed by atoms with E-state index >= 15 is 0 Å². The first kappa shape index (κ1) is 11.6. The highest BCUT2D eigenvalue weighted by atomic mass is 32.2. The van der Waals surface area contributed by atoms with Crippen molar-refractivity contribution in [2.75, 3.05) is 0 Å². The van der Waals surface area contributed by atoms with Crippen LogP contribution in [0.1, 0.15) is 5.56 Å². The highest BCUT2D eigenvalue weighted by Gasteiger charge is 2.09. The minimum Gasteiger partial charge on any atom is -0.294 e. The molecule has 7 heteroatoms. The van der Waals surface area contributed by atoms with Gasteiger partial charge in [-0.15, -0.1) is 0 Å². The predicted molar refractivity (Wildman–Crippen MR) is 53.8 cm³/mol. The number of primary sulfonamides is 1. The molecule has 0 aromatic heterocycles. The van der Waals surface area contributed by atoms with Crippen molar-refractivity contribution in [3.63, 3.8) is 0 Å². The Labute approximate surface area is 87.3 Å². The first-order valence-electron chi connectivity index (χ1n) is 4.04. The fourth-order valence-corrected chi connectivity index (χ4v) is 1.65. The van der Waals surface area contributed by atoms with Gasteiger partial charge in [-0.05, 0) is 17.7 Å². The molecule has 0 radical (unpaired) electrons. The Morgan fingerprint density at radius 3 is 2.60 bits per heavy atom. The Balaban J connectivity index is 2.99. The fourth-order valence-electron chi connectivity index (χ4n) is 1.07. The van der Waals surface area contributed by atoms with Crippen molar-refractivity contribution in [3.8, 4) is 0 Å². The molecule has 0 aliphatic carbocycles. The summed E-state index contributed by atoms with van der Waals surface area (Å²) in [7, 11) is -3.73. The third kappa shape index (κ3) is 3.31. The predicted octanol–water partition coefficient (Wildman–Crippen LogP) is -1.13. The van der Waals surface area contributed by atoms with E-state index in [-0.39, 0.29) is 11.3 Å². The van der Waals surface area contributed by atoms with Crippen LogP contribution in [0.15, 0.2) is 29.2 Å². The number of hydrazine groups is 1. The van der Waals surface area contributed by atoms with Gasteiger partial charge in [0.1, 0.15) is 0 Å². The SMILES string of the molecule is NNC(=O)Cc1cccc(S(N)(=O)=O)c1. The molecule has 0 unspecified atom stereocenters. The average Bonchev–Trinajstić information content (AvgIpc) is 2.17. The maximum atomic E-state index is 11.0. The van der Waals surface area contributed by atoms with Crippen molar-refractivity contribution in [1.29, 1.82) is 0 Å². The number of sulfonamides is 1. The van der Waals surface area contributed by atoms with Gasteiger partial charge in [-0.2, -0.15) is 0 Å². The van der Waals surface area contributed by atoms with Crippen LogP contribution in [0.3, 0.4) is 0 Å². The Kier molecular flexibility index (Phi) is 3.40. The number of carbonyl (C=O) groups is 1. The molecule has 0 fully saturated rings. The lowest BCUT2D eigenvalue weighted by atomic mass is 10.1. The lowest BCUT2D eigenvalue weighted by Gasteiger charge is -2.02. The number of carbonyl (C=O) groups excluding carboxylic acids is 1. The number of hydrogen-bond donors (Lipinski definition) is 3. The van der Waals surface area contributed by atoms with E-state index in [9.17, 15) is 13.2 Å². The zero-order valence-corrected chi connectivity index (χ0v) is 8.62. The van der Waals surface area contributed by atoms with E-state index in [0.717, 1.165) is 0 Å². The molecule has 1 aromatic carbocycles. The number of hydrogen-bond acceptors (Lipinski definition) is 4. The molecule has 0 heterocycles. The average molecular weight is 229 g/mol. The van der Waals surface area contributed by atoms with Crippen molar-refractivity contribution in [3.05, 3.63) is 29.8 Å². The Bertz CT molecular complexity index is 470. The van der Waals surface area contributed by atoms with Crippen molar-refractivity contribution in [2.24, 2.45) is 11.0 Å². The summed E-state index contributed by atoms with van der Waals surface area (Å²) in [6, 6.07) is 5.83. The number of rotatable bonds is 3. The zero-order chi connectivity index (χ0) is 11.5. The molecule has 1 rings (SSSR count). The zero-order valence-electron chi connectivity index (χ0n) is 7.80. The summed E-state index contributed by atoms with van der Waals surface area (Å²) >= 11 is 0. The minimum absolute atomic E-state index is 0.0138. The second-order valence-corrected chi connectivity index (χ2v) is 4.50. The molecule has 0 saturated heterocycles. The molecule has 1 amide bonds. The fraction of sp³-hybridized carbons (Fsp3) is 0.125. The maximum Gasteiger partial charge on any atom is 0.238 e. The number of nitrogens with one attached hydrogen (secondary N) is 1. The largest absolute Gasteiger partial charge is 0.294 e. The smallest absolute Gasteiger partial charge is 0.238 e. The Morgan fingerprint density at radius 2 is 2.07 bits per heavy atom. The van der Waals surface area contributed by atoms with Crippen molar-refractivity contribution < 1.29 is 13.2 Å². The van der Waals surface area contributed by atoms with Gasteiger partial charge in [-0.25, -0.2) is 19.4 Å². The summed E-state index contributed by atoms with van der Waals surface area (Å²) in [5, 5.41) is 4.94. The lowest BCUT2D eigenvalue weighted by molar-refractivity contribution is -0.120. The summed E-state index contributed by atoms with van der Waals surface area (Å²) < 4.78 is 22.0. The van der Waals surface area contributed by atoms with E-state index < -0.39 is 15.9 Å². The van der Waals surface area contributed by atoms with E-state index in [1.165, 1.54) is 18.2 Å². The first-order valence-corrected chi connectivity index (χ1v) is 5.59. The molecule has 15 heavy (non-hydrogen) atoms. The van der Waals surface area contributed by atoms with E-state index in [0.29, 0.717) is 5.56 Å². The lowest BCUT2D eigenvalue weighted by Crippen LogP contribution is -2.31. The van der Waals surface area contributed by atoms with Crippen LogP contribution in [0.5, 0.6) is 0 Å². The van der Waals surface area contributed by atoms with Gasteiger partial charge < -0.3 is 0 Å². The topological polar surface area (TPSA) is 115 Å². The normalized spacial score (nSPS) is 11.1. The van der Waals surface area contributed by atoms with Crippen LogP contribution in [-0.2, 0) is 21.2 Å². The van der Waals surface area contributed by atoms with Crippen molar-refractivity contribution >= 4 is 15.9 Å². The summed E-state index contributed by atoms with van der Waals surface area (Å²) in [5.41, 5.74) is 2.48. The second-order valence-electron chi connectivity index (χ2n) is 2.94. The van der Waals surface area contributed by atoms with E-state index in [4.69, 9.17) is 11.0 Å². The van der Waals surface area contributed by atoms with Gasteiger partial charge in [0.2, 0.25) is 15.9 Å². The first-order chi connectivity index (χ1) is 6.93. The number of nitrogens with two attached hydrogens (primary N) is 2. The molecule has 5 N–H and O–H groups in total. The third-order valence-corrected chi connectivity index (χ3v) is 2.66. The molecule has 0 saturated carbocycles. The molecule has 6 nitrogen and oxygen atoms in total. The van der Waals surface area contributed by atoms with Crippen LogP contribution < -0.4 is 16.4 Å². The van der Waals surface area contributed by atoms with Gasteiger partial charge in [-0.1, -0.05) is 12.1 Å². The van der Waals surface area contributed by atoms with E-state index in [2.05, 4.69) is 0 Å². The Hall–Kier alpha value is -1.44. The van der Waals surface area contributed by atoms with Gasteiger partial charge in [0.05, 0.1) is 11.3 Å². The standard InChI is InChI=1S/C8H11N3O3S/c9-11-8(12)5-6-2-1-3-7(4-6)15(10,13)14/h1-4H,5,9H2,(H,11,12)(H2,10,13,14). The maximum absolute atomic E-state index is 11.0. The van der Waals surface area contributed by atoms with Crippen LogP contribution in [0.25, 0.3) is 0 Å². The van der Waals surface area contributed by atoms with Gasteiger partial charge in [0.25, 0.3) is 0 Å². The highest BCUT2D eigenvalue weighted by molar-refractivity contribution is 7.89. The van der Waals surface area contributed by atoms with Crippen LogP contribution in [0.2, 0.25) is 0 Å². The molecule has 1 aromatic rings. The summed E-state index contributed by atoms with van der Waals surface area (Å²) in [6.07, 6.45) is 0.0138. The monoisotopic (exact) mass is 229 g/mol. The number of amides is 1. The van der Waals surface area contributed by atoms with E-state index in [1.54, 1.807) is 6.07 Å². The van der Waals surface area contributed by atoms with Crippen molar-refractivity contribution in [2.45, 2.75) is 11.3 Å². The third-order valence-electron chi connectivity index (χ3n) is 1.75. The van der Waals surface area contributed by atoms with Gasteiger partial charge >= 0.3 is 0 Å². The molecule has 0 aliphatic heterocycles. The minimum atomic E-state index is -3.73. The van der Waals surface area contributed by atoms with Crippen molar-refractivity contribution in [1.82, 2.24) is 5.43 Å². The second kappa shape index (κ2) is 4.39. The molecule has 0 bridgehead atoms. The quantitative estimate of drug-likeness (QED) is 0.345. The molecule has 0 aliphatic rings. The summed E-state index contributed by atoms with van der Waals surface area (Å²) in [6.45, 7) is 0. The van der Waals surface area contributed by atoms with Crippen LogP contribution >= 0.6 is 0 Å². The van der Waals surface area contributed by atoms with Crippen LogP contribution in [0.4, 0.5) is 0 Å². The van der Waals surface area contributed by atoms with Crippen LogP contribution in [0, 0.1) is 0 Å². The number of benzene rings is 1. The van der Waals surface area contributed by atoms with Gasteiger partial charge in [0, 0.05) is 0 Å². The highest BCUT2D eigenvalue weighted by Crippen LogP contribution is 2.09. The summed E-state index contributed by atoms with van der Waals surface area (Å²) in [5.74, 6) is 4.50. The van der Waals surface area contributed by atoms with Gasteiger partial charge in [-0.3, -0.25) is 10.2 Å². The molecular formula is C8H11N3O3S. The summed E-state index contributed by atoms with van der Waals surface area (Å²) in [4.78, 5) is 10.9. The molecule has 82 valence electrons. The Morgan fingerprint density at radius 1 is 1.40 bits per heavy atom. The molecular weight excluding hydrogens is 218 g/mol. The molecule has 0 atom stereocenters. The van der Waals surface area contributed by atoms with E-state index in [1.807, 2.05) is 5.43 Å².